The van der Waals surface area contributed by atoms with Gasteiger partial charge in [-0.15, -0.1) is 0 Å². The first-order valence-electron chi connectivity index (χ1n) is 5.03. The predicted octanol–water partition coefficient (Wildman–Crippen LogP) is 0.225. The van der Waals surface area contributed by atoms with E-state index in [4.69, 9.17) is 5.11 Å². The van der Waals surface area contributed by atoms with Crippen LogP contribution in [0.4, 0.5) is 5.69 Å². The SMILES string of the molecule is O=C(O)c1cnc2c(c1)NCN1CCN=C21. The van der Waals surface area contributed by atoms with E-state index >= 15 is 0 Å². The summed E-state index contributed by atoms with van der Waals surface area (Å²) >= 11 is 0. The number of nitrogens with zero attached hydrogens (tertiary/aromatic N) is 3. The van der Waals surface area contributed by atoms with Gasteiger partial charge in [0.25, 0.3) is 0 Å². The average molecular weight is 218 g/mol. The van der Waals surface area contributed by atoms with Gasteiger partial charge < -0.3 is 15.3 Å². The van der Waals surface area contributed by atoms with Crippen LogP contribution in [0.3, 0.4) is 0 Å². The van der Waals surface area contributed by atoms with Crippen molar-refractivity contribution in [3.63, 3.8) is 0 Å². The van der Waals surface area contributed by atoms with Crippen molar-refractivity contribution in [2.45, 2.75) is 0 Å². The minimum Gasteiger partial charge on any atom is -0.478 e. The highest BCUT2D eigenvalue weighted by Gasteiger charge is 2.27. The Morgan fingerprint density at radius 1 is 1.56 bits per heavy atom. The Kier molecular flexibility index (Phi) is 1.82. The second-order valence-electron chi connectivity index (χ2n) is 3.73. The summed E-state index contributed by atoms with van der Waals surface area (Å²) in [5.41, 5.74) is 1.68. The van der Waals surface area contributed by atoms with Gasteiger partial charge in [-0.2, -0.15) is 0 Å². The summed E-state index contributed by atoms with van der Waals surface area (Å²) in [7, 11) is 0. The summed E-state index contributed by atoms with van der Waals surface area (Å²) in [6.45, 7) is 2.33. The largest absolute Gasteiger partial charge is 0.478 e. The summed E-state index contributed by atoms with van der Waals surface area (Å²) < 4.78 is 0. The van der Waals surface area contributed by atoms with E-state index in [0.717, 1.165) is 30.3 Å². The monoisotopic (exact) mass is 218 g/mol. The molecule has 0 aromatic carbocycles. The lowest BCUT2D eigenvalue weighted by Crippen LogP contribution is -2.38. The number of hydrogen-bond acceptors (Lipinski definition) is 5. The maximum absolute atomic E-state index is 10.8. The van der Waals surface area contributed by atoms with E-state index in [9.17, 15) is 4.79 Å². The molecule has 0 saturated heterocycles. The number of aliphatic imine (C=N–C) groups is 1. The average Bonchev–Trinajstić information content (AvgIpc) is 2.76. The Balaban J connectivity index is 2.08. The van der Waals surface area contributed by atoms with Crippen molar-refractivity contribution in [3.05, 3.63) is 23.5 Å². The number of carboxylic acid groups (broad SMARTS) is 1. The molecular weight excluding hydrogens is 208 g/mol. The lowest BCUT2D eigenvalue weighted by molar-refractivity contribution is 0.0696. The van der Waals surface area contributed by atoms with Crippen LogP contribution in [0, 0.1) is 0 Å². The molecule has 0 atom stereocenters. The first kappa shape index (κ1) is 9.14. The van der Waals surface area contributed by atoms with Gasteiger partial charge in [-0.25, -0.2) is 9.78 Å². The molecule has 3 rings (SSSR count). The molecule has 0 aliphatic carbocycles. The van der Waals surface area contributed by atoms with Gasteiger partial charge in [-0.05, 0) is 6.07 Å². The van der Waals surface area contributed by atoms with E-state index in [2.05, 4.69) is 20.2 Å². The molecule has 2 N–H and O–H groups in total. The van der Waals surface area contributed by atoms with E-state index in [1.165, 1.54) is 6.20 Å². The van der Waals surface area contributed by atoms with E-state index in [1.807, 2.05) is 0 Å². The number of aromatic nitrogens is 1. The van der Waals surface area contributed by atoms with Gasteiger partial charge in [0.15, 0.2) is 5.84 Å². The van der Waals surface area contributed by atoms with Crippen LogP contribution in [-0.2, 0) is 0 Å². The zero-order valence-electron chi connectivity index (χ0n) is 8.47. The van der Waals surface area contributed by atoms with Crippen LogP contribution in [0.2, 0.25) is 0 Å². The molecule has 0 spiro atoms. The molecule has 6 nitrogen and oxygen atoms in total. The number of amidine groups is 1. The maximum atomic E-state index is 10.8. The van der Waals surface area contributed by atoms with Gasteiger partial charge in [0.2, 0.25) is 0 Å². The fourth-order valence-electron chi connectivity index (χ4n) is 1.94. The molecule has 1 aromatic heterocycles. The summed E-state index contributed by atoms with van der Waals surface area (Å²) in [5, 5.41) is 12.0. The number of anilines is 1. The first-order valence-corrected chi connectivity index (χ1v) is 5.03. The minimum atomic E-state index is -0.965. The number of fused-ring (bicyclic) bond motifs is 3. The number of aromatic carboxylic acids is 1. The Hall–Kier alpha value is -2.11. The fraction of sp³-hybridized carbons (Fsp3) is 0.300. The third-order valence-electron chi connectivity index (χ3n) is 2.74. The minimum absolute atomic E-state index is 0.193. The quantitative estimate of drug-likeness (QED) is 0.705. The van der Waals surface area contributed by atoms with Crippen molar-refractivity contribution in [1.29, 1.82) is 0 Å². The molecular formula is C10H10N4O2. The second kappa shape index (κ2) is 3.19. The van der Waals surface area contributed by atoms with E-state index in [-0.39, 0.29) is 5.56 Å². The summed E-state index contributed by atoms with van der Waals surface area (Å²) in [4.78, 5) is 21.4. The van der Waals surface area contributed by atoms with Crippen LogP contribution in [-0.4, -0.2) is 46.6 Å². The molecule has 0 radical (unpaired) electrons. The number of pyridine rings is 1. The van der Waals surface area contributed by atoms with Crippen LogP contribution in [0.25, 0.3) is 0 Å². The zero-order chi connectivity index (χ0) is 11.1. The lowest BCUT2D eigenvalue weighted by Gasteiger charge is -2.27. The Morgan fingerprint density at radius 2 is 2.44 bits per heavy atom. The third-order valence-corrected chi connectivity index (χ3v) is 2.74. The number of carboxylic acids is 1. The van der Waals surface area contributed by atoms with Gasteiger partial charge in [0, 0.05) is 12.7 Å². The van der Waals surface area contributed by atoms with Gasteiger partial charge in [-0.1, -0.05) is 0 Å². The predicted molar refractivity (Wildman–Crippen MR) is 57.8 cm³/mol. The van der Waals surface area contributed by atoms with Crippen LogP contribution in [0.5, 0.6) is 0 Å². The number of carbonyl (C=O) groups is 1. The summed E-state index contributed by atoms with van der Waals surface area (Å²) in [5.74, 6) is -0.0985. The molecule has 2 aliphatic rings. The van der Waals surface area contributed by atoms with Crippen LogP contribution in [0.15, 0.2) is 17.3 Å². The van der Waals surface area contributed by atoms with Gasteiger partial charge >= 0.3 is 5.97 Å². The topological polar surface area (TPSA) is 77.8 Å². The highest BCUT2D eigenvalue weighted by molar-refractivity contribution is 6.05. The molecule has 2 aliphatic heterocycles. The van der Waals surface area contributed by atoms with E-state index < -0.39 is 5.97 Å². The van der Waals surface area contributed by atoms with Crippen LogP contribution < -0.4 is 5.32 Å². The Bertz CT molecular complexity index is 498. The van der Waals surface area contributed by atoms with E-state index in [0.29, 0.717) is 6.67 Å². The lowest BCUT2D eigenvalue weighted by atomic mass is 10.2. The van der Waals surface area contributed by atoms with Crippen molar-refractivity contribution in [3.8, 4) is 0 Å². The van der Waals surface area contributed by atoms with Crippen molar-refractivity contribution in [2.24, 2.45) is 4.99 Å². The molecule has 1 aromatic rings. The van der Waals surface area contributed by atoms with Gasteiger partial charge in [-0.3, -0.25) is 4.99 Å². The molecule has 16 heavy (non-hydrogen) atoms. The highest BCUT2D eigenvalue weighted by atomic mass is 16.4. The molecule has 0 bridgehead atoms. The molecule has 0 unspecified atom stereocenters. The smallest absolute Gasteiger partial charge is 0.337 e. The summed E-state index contributed by atoms with van der Waals surface area (Å²) in [6, 6.07) is 1.60. The molecule has 3 heterocycles. The highest BCUT2D eigenvalue weighted by Crippen LogP contribution is 2.23. The molecule has 0 amide bonds. The standard InChI is InChI=1S/C10H10N4O2/c15-10(16)6-3-7-8(12-4-6)9-11-1-2-14(9)5-13-7/h3-4,13H,1-2,5H2,(H,15,16). The van der Waals surface area contributed by atoms with E-state index in [1.54, 1.807) is 6.07 Å². The van der Waals surface area contributed by atoms with Crippen LogP contribution >= 0.6 is 0 Å². The van der Waals surface area contributed by atoms with Crippen molar-refractivity contribution >= 4 is 17.5 Å². The van der Waals surface area contributed by atoms with Crippen molar-refractivity contribution < 1.29 is 9.90 Å². The van der Waals surface area contributed by atoms with Crippen molar-refractivity contribution in [2.75, 3.05) is 25.1 Å². The molecule has 0 saturated carbocycles. The Labute approximate surface area is 91.6 Å². The van der Waals surface area contributed by atoms with Gasteiger partial charge in [0.05, 0.1) is 24.5 Å². The second-order valence-corrected chi connectivity index (χ2v) is 3.73. The third kappa shape index (κ3) is 1.23. The number of rotatable bonds is 1. The first-order chi connectivity index (χ1) is 7.75. The Morgan fingerprint density at radius 3 is 3.25 bits per heavy atom. The normalized spacial score (nSPS) is 17.2. The zero-order valence-corrected chi connectivity index (χ0v) is 8.47. The van der Waals surface area contributed by atoms with Crippen molar-refractivity contribution in [1.82, 2.24) is 9.88 Å². The number of nitrogens with one attached hydrogen (secondary N) is 1. The number of hydrogen-bond donors (Lipinski definition) is 2. The molecule has 0 fully saturated rings. The summed E-state index contributed by atoms with van der Waals surface area (Å²) in [6.07, 6.45) is 1.37. The molecule has 6 heteroatoms. The maximum Gasteiger partial charge on any atom is 0.337 e. The van der Waals surface area contributed by atoms with Crippen LogP contribution in [0.1, 0.15) is 16.1 Å². The van der Waals surface area contributed by atoms with Gasteiger partial charge in [0.1, 0.15) is 5.69 Å². The fourth-order valence-corrected chi connectivity index (χ4v) is 1.94. The molecule has 82 valence electrons.